The maximum atomic E-state index is 11.9. The van der Waals surface area contributed by atoms with Gasteiger partial charge in [0.2, 0.25) is 5.91 Å². The number of fused-ring (bicyclic) bond motifs is 1. The first-order chi connectivity index (χ1) is 12.5. The van der Waals surface area contributed by atoms with Gasteiger partial charge in [0, 0.05) is 37.3 Å². The van der Waals surface area contributed by atoms with Crippen molar-refractivity contribution >= 4 is 16.8 Å². The lowest BCUT2D eigenvalue weighted by Gasteiger charge is -2.38. The number of nitrogens with one attached hydrogen (secondary N) is 1. The molecule has 3 rings (SSSR count). The van der Waals surface area contributed by atoms with Crippen molar-refractivity contribution < 1.29 is 9.90 Å². The Morgan fingerprint density at radius 2 is 2.04 bits per heavy atom. The van der Waals surface area contributed by atoms with Crippen molar-refractivity contribution in [1.82, 2.24) is 14.8 Å². The van der Waals surface area contributed by atoms with Gasteiger partial charge in [-0.2, -0.15) is 5.26 Å². The molecule has 1 atom stereocenters. The monoisotopic (exact) mass is 354 g/mol. The van der Waals surface area contributed by atoms with E-state index in [-0.39, 0.29) is 30.5 Å². The van der Waals surface area contributed by atoms with E-state index in [1.165, 1.54) is 0 Å². The average Bonchev–Trinajstić information content (AvgIpc) is 2.64. The van der Waals surface area contributed by atoms with Crippen molar-refractivity contribution in [1.29, 1.82) is 5.26 Å². The SMILES string of the molecule is Cc1cc2ccc(C(CO)N3CCN(C(=O)CC#N)CC3)cc2[nH]c1=O. The highest BCUT2D eigenvalue weighted by molar-refractivity contribution is 5.80. The summed E-state index contributed by atoms with van der Waals surface area (Å²) in [6, 6.07) is 9.36. The van der Waals surface area contributed by atoms with Crippen molar-refractivity contribution in [2.24, 2.45) is 0 Å². The van der Waals surface area contributed by atoms with Crippen LogP contribution >= 0.6 is 0 Å². The van der Waals surface area contributed by atoms with E-state index in [0.717, 1.165) is 16.5 Å². The van der Waals surface area contributed by atoms with Gasteiger partial charge >= 0.3 is 0 Å². The summed E-state index contributed by atoms with van der Waals surface area (Å²) < 4.78 is 0. The van der Waals surface area contributed by atoms with Crippen LogP contribution < -0.4 is 5.56 Å². The summed E-state index contributed by atoms with van der Waals surface area (Å²) in [7, 11) is 0. The highest BCUT2D eigenvalue weighted by Gasteiger charge is 2.26. The molecule has 1 aromatic heterocycles. The van der Waals surface area contributed by atoms with Gasteiger partial charge in [-0.25, -0.2) is 0 Å². The van der Waals surface area contributed by atoms with Crippen LogP contribution in [-0.2, 0) is 4.79 Å². The molecule has 1 aromatic carbocycles. The van der Waals surface area contributed by atoms with E-state index in [1.54, 1.807) is 11.8 Å². The predicted octanol–water partition coefficient (Wildman–Crippen LogP) is 0.928. The van der Waals surface area contributed by atoms with Crippen molar-refractivity contribution in [2.45, 2.75) is 19.4 Å². The van der Waals surface area contributed by atoms with Gasteiger partial charge in [0.1, 0.15) is 6.42 Å². The molecule has 0 radical (unpaired) electrons. The standard InChI is InChI=1S/C19H22N4O3/c1-13-10-14-2-3-15(11-16(14)21-19(13)26)17(12-24)22-6-8-23(9-7-22)18(25)4-5-20/h2-3,10-11,17,24H,4,6-9,12H2,1H3,(H,21,26). The second-order valence-electron chi connectivity index (χ2n) is 6.58. The highest BCUT2D eigenvalue weighted by atomic mass is 16.3. The molecular formula is C19H22N4O3. The third-order valence-corrected chi connectivity index (χ3v) is 4.95. The summed E-state index contributed by atoms with van der Waals surface area (Å²) in [4.78, 5) is 30.4. The van der Waals surface area contributed by atoms with Crippen LogP contribution in [-0.4, -0.2) is 58.6 Å². The summed E-state index contributed by atoms with van der Waals surface area (Å²) >= 11 is 0. The zero-order valence-electron chi connectivity index (χ0n) is 14.7. The van der Waals surface area contributed by atoms with Crippen LogP contribution in [0.2, 0.25) is 0 Å². The number of nitriles is 1. The summed E-state index contributed by atoms with van der Waals surface area (Å²) in [5.41, 5.74) is 2.23. The Hall–Kier alpha value is -2.69. The predicted molar refractivity (Wildman–Crippen MR) is 97.5 cm³/mol. The molecule has 26 heavy (non-hydrogen) atoms. The van der Waals surface area contributed by atoms with Crippen molar-refractivity contribution in [3.05, 3.63) is 45.7 Å². The minimum absolute atomic E-state index is 0.0479. The van der Waals surface area contributed by atoms with Gasteiger partial charge in [-0.15, -0.1) is 0 Å². The zero-order valence-corrected chi connectivity index (χ0v) is 14.7. The van der Waals surface area contributed by atoms with Crippen LogP contribution in [0.25, 0.3) is 10.9 Å². The van der Waals surface area contributed by atoms with Gasteiger partial charge in [-0.3, -0.25) is 14.5 Å². The molecule has 0 aliphatic carbocycles. The Balaban J connectivity index is 1.78. The Labute approximate surface area is 151 Å². The molecular weight excluding hydrogens is 332 g/mol. The third-order valence-electron chi connectivity index (χ3n) is 4.95. The number of aliphatic hydroxyl groups excluding tert-OH is 1. The minimum atomic E-state index is -0.197. The number of aromatic amines is 1. The maximum absolute atomic E-state index is 11.9. The lowest BCUT2D eigenvalue weighted by Crippen LogP contribution is -2.50. The van der Waals surface area contributed by atoms with E-state index in [4.69, 9.17) is 5.26 Å². The lowest BCUT2D eigenvalue weighted by atomic mass is 10.0. The van der Waals surface area contributed by atoms with E-state index in [0.29, 0.717) is 31.7 Å². The molecule has 2 aromatic rings. The van der Waals surface area contributed by atoms with Gasteiger partial charge in [-0.1, -0.05) is 12.1 Å². The van der Waals surface area contributed by atoms with E-state index < -0.39 is 0 Å². The third kappa shape index (κ3) is 3.62. The number of H-pyrrole nitrogens is 1. The number of hydrogen-bond donors (Lipinski definition) is 2. The number of carbonyl (C=O) groups excluding carboxylic acids is 1. The maximum Gasteiger partial charge on any atom is 0.251 e. The normalized spacial score (nSPS) is 16.4. The highest BCUT2D eigenvalue weighted by Crippen LogP contribution is 2.25. The average molecular weight is 354 g/mol. The molecule has 2 heterocycles. The minimum Gasteiger partial charge on any atom is -0.394 e. The molecule has 1 unspecified atom stereocenters. The Kier molecular flexibility index (Phi) is 5.35. The van der Waals surface area contributed by atoms with E-state index in [9.17, 15) is 14.7 Å². The van der Waals surface area contributed by atoms with E-state index in [2.05, 4.69) is 9.88 Å². The summed E-state index contributed by atoms with van der Waals surface area (Å²) in [5, 5.41) is 19.5. The summed E-state index contributed by atoms with van der Waals surface area (Å²) in [6.07, 6.45) is -0.0963. The second-order valence-corrected chi connectivity index (χ2v) is 6.58. The molecule has 1 aliphatic rings. The molecule has 1 saturated heterocycles. The van der Waals surface area contributed by atoms with Gasteiger partial charge in [0.15, 0.2) is 0 Å². The molecule has 1 aliphatic heterocycles. The number of hydrogen-bond acceptors (Lipinski definition) is 5. The van der Waals surface area contributed by atoms with Gasteiger partial charge in [0.25, 0.3) is 5.56 Å². The molecule has 7 heteroatoms. The smallest absolute Gasteiger partial charge is 0.251 e. The van der Waals surface area contributed by atoms with Crippen LogP contribution in [0, 0.1) is 18.3 Å². The van der Waals surface area contributed by atoms with Gasteiger partial charge in [0.05, 0.1) is 18.7 Å². The van der Waals surface area contributed by atoms with E-state index >= 15 is 0 Å². The molecule has 2 N–H and O–H groups in total. The Morgan fingerprint density at radius 1 is 1.31 bits per heavy atom. The number of benzene rings is 1. The number of pyridine rings is 1. The lowest BCUT2D eigenvalue weighted by molar-refractivity contribution is -0.132. The number of carbonyl (C=O) groups is 1. The van der Waals surface area contributed by atoms with Crippen LogP contribution in [0.3, 0.4) is 0 Å². The van der Waals surface area contributed by atoms with Crippen LogP contribution in [0.15, 0.2) is 29.1 Å². The number of amides is 1. The largest absolute Gasteiger partial charge is 0.394 e. The quantitative estimate of drug-likeness (QED) is 0.851. The van der Waals surface area contributed by atoms with Crippen molar-refractivity contribution in [2.75, 3.05) is 32.8 Å². The fourth-order valence-electron chi connectivity index (χ4n) is 3.43. The van der Waals surface area contributed by atoms with Gasteiger partial charge < -0.3 is 15.0 Å². The topological polar surface area (TPSA) is 100 Å². The molecule has 136 valence electrons. The number of aryl methyl sites for hydroxylation is 1. The number of nitrogens with zero attached hydrogens (tertiary/aromatic N) is 3. The van der Waals surface area contributed by atoms with Crippen LogP contribution in [0.4, 0.5) is 0 Å². The number of rotatable bonds is 4. The van der Waals surface area contributed by atoms with Crippen LogP contribution in [0.5, 0.6) is 0 Å². The van der Waals surface area contributed by atoms with E-state index in [1.807, 2.05) is 30.3 Å². The van der Waals surface area contributed by atoms with Crippen molar-refractivity contribution in [3.63, 3.8) is 0 Å². The van der Waals surface area contributed by atoms with Crippen LogP contribution in [0.1, 0.15) is 23.6 Å². The first-order valence-electron chi connectivity index (χ1n) is 8.66. The molecule has 0 saturated carbocycles. The second kappa shape index (κ2) is 7.68. The molecule has 1 fully saturated rings. The van der Waals surface area contributed by atoms with Gasteiger partial charge in [-0.05, 0) is 30.0 Å². The molecule has 7 nitrogen and oxygen atoms in total. The Morgan fingerprint density at radius 3 is 2.69 bits per heavy atom. The molecule has 1 amide bonds. The summed E-state index contributed by atoms with van der Waals surface area (Å²) in [5.74, 6) is -0.147. The number of aliphatic hydroxyl groups is 1. The number of piperazine rings is 1. The van der Waals surface area contributed by atoms with Crippen molar-refractivity contribution in [3.8, 4) is 6.07 Å². The first-order valence-corrected chi connectivity index (χ1v) is 8.66. The summed E-state index contributed by atoms with van der Waals surface area (Å²) in [6.45, 7) is 4.07. The molecule has 0 bridgehead atoms. The molecule has 0 spiro atoms. The number of aromatic nitrogens is 1. The Bertz CT molecular complexity index is 907. The fourth-order valence-corrected chi connectivity index (χ4v) is 3.43. The zero-order chi connectivity index (χ0) is 18.7. The fraction of sp³-hybridized carbons (Fsp3) is 0.421. The first kappa shape index (κ1) is 18.1.